The molecule has 1 N–H and O–H groups in total. The van der Waals surface area contributed by atoms with Gasteiger partial charge in [-0.3, -0.25) is 9.69 Å². The normalized spacial score (nSPS) is 17.1. The van der Waals surface area contributed by atoms with Gasteiger partial charge in [-0.1, -0.05) is 13.0 Å². The van der Waals surface area contributed by atoms with E-state index in [-0.39, 0.29) is 6.04 Å². The number of benzene rings is 1. The van der Waals surface area contributed by atoms with Crippen molar-refractivity contribution in [3.8, 4) is 11.5 Å². The van der Waals surface area contributed by atoms with Gasteiger partial charge in [0.1, 0.15) is 0 Å². The fraction of sp³-hybridized carbons (Fsp3) is 0.562. The highest BCUT2D eigenvalue weighted by Crippen LogP contribution is 2.33. The molecule has 0 saturated carbocycles. The summed E-state index contributed by atoms with van der Waals surface area (Å²) in [6.07, 6.45) is 0.885. The smallest absolute Gasteiger partial charge is 0.307 e. The predicted molar refractivity (Wildman–Crippen MR) is 79.9 cm³/mol. The first kappa shape index (κ1) is 15.6. The van der Waals surface area contributed by atoms with Crippen LogP contribution in [0.5, 0.6) is 11.5 Å². The average molecular weight is 293 g/mol. The van der Waals surface area contributed by atoms with Gasteiger partial charge < -0.3 is 14.6 Å². The van der Waals surface area contributed by atoms with E-state index in [1.54, 1.807) is 6.92 Å². The van der Waals surface area contributed by atoms with Gasteiger partial charge in [0.25, 0.3) is 0 Å². The Kier molecular flexibility index (Phi) is 5.07. The second kappa shape index (κ2) is 6.80. The molecule has 0 bridgehead atoms. The van der Waals surface area contributed by atoms with Crippen molar-refractivity contribution in [1.29, 1.82) is 0 Å². The summed E-state index contributed by atoms with van der Waals surface area (Å²) in [6.45, 7) is 5.63. The van der Waals surface area contributed by atoms with Crippen LogP contribution in [0.15, 0.2) is 18.2 Å². The lowest BCUT2D eigenvalue weighted by atomic mass is 10.0. The number of carbonyl (C=O) groups is 1. The number of ether oxygens (including phenoxy) is 2. The maximum Gasteiger partial charge on any atom is 0.307 e. The predicted octanol–water partition coefficient (Wildman–Crippen LogP) is 2.56. The van der Waals surface area contributed by atoms with Gasteiger partial charge in [0.2, 0.25) is 0 Å². The lowest BCUT2D eigenvalue weighted by molar-refractivity contribution is -0.141. The third-order valence-electron chi connectivity index (χ3n) is 3.90. The van der Waals surface area contributed by atoms with E-state index >= 15 is 0 Å². The molecule has 0 fully saturated rings. The molecule has 0 spiro atoms. The van der Waals surface area contributed by atoms with Crippen LogP contribution in [0, 0.1) is 5.92 Å². The number of carboxylic acids is 1. The number of aliphatic carboxylic acids is 1. The minimum absolute atomic E-state index is 0.115. The highest BCUT2D eigenvalue weighted by Gasteiger charge is 2.20. The zero-order valence-electron chi connectivity index (χ0n) is 12.8. The molecular weight excluding hydrogens is 270 g/mol. The van der Waals surface area contributed by atoms with Gasteiger partial charge in [-0.25, -0.2) is 0 Å². The molecule has 2 atom stereocenters. The highest BCUT2D eigenvalue weighted by atomic mass is 16.5. The maximum atomic E-state index is 11.0. The van der Waals surface area contributed by atoms with E-state index in [1.807, 2.05) is 30.1 Å². The summed E-state index contributed by atoms with van der Waals surface area (Å²) in [5.74, 6) is 0.395. The summed E-state index contributed by atoms with van der Waals surface area (Å²) < 4.78 is 11.3. The summed E-state index contributed by atoms with van der Waals surface area (Å²) in [5.41, 5.74) is 1.10. The van der Waals surface area contributed by atoms with E-state index in [4.69, 9.17) is 14.6 Å². The molecule has 5 heteroatoms. The standard InChI is InChI=1S/C16H23NO4/c1-11(16(18)19)10-17(3)12(2)13-5-6-14-15(9-13)21-8-4-7-20-14/h5-6,9,11-12H,4,7-8,10H2,1-3H3,(H,18,19). The molecule has 0 aliphatic carbocycles. The van der Waals surface area contributed by atoms with E-state index in [1.165, 1.54) is 0 Å². The zero-order chi connectivity index (χ0) is 15.4. The molecule has 2 rings (SSSR count). The zero-order valence-corrected chi connectivity index (χ0v) is 12.8. The van der Waals surface area contributed by atoms with Crippen LogP contribution in [-0.2, 0) is 4.79 Å². The largest absolute Gasteiger partial charge is 0.490 e. The Hall–Kier alpha value is -1.75. The van der Waals surface area contributed by atoms with Gasteiger partial charge in [-0.05, 0) is 31.7 Å². The summed E-state index contributed by atoms with van der Waals surface area (Å²) in [6, 6.07) is 6.05. The number of rotatable bonds is 5. The Labute approximate surface area is 125 Å². The van der Waals surface area contributed by atoms with Crippen LogP contribution in [0.4, 0.5) is 0 Å². The van der Waals surface area contributed by atoms with E-state index in [9.17, 15) is 4.79 Å². The summed E-state index contributed by atoms with van der Waals surface area (Å²) in [5, 5.41) is 9.01. The number of nitrogens with zero attached hydrogens (tertiary/aromatic N) is 1. The van der Waals surface area contributed by atoms with Gasteiger partial charge in [0, 0.05) is 19.0 Å². The van der Waals surface area contributed by atoms with Gasteiger partial charge in [0.15, 0.2) is 11.5 Å². The Morgan fingerprint density at radius 2 is 1.95 bits per heavy atom. The van der Waals surface area contributed by atoms with Crippen LogP contribution in [0.2, 0.25) is 0 Å². The van der Waals surface area contributed by atoms with E-state index in [0.29, 0.717) is 19.8 Å². The number of fused-ring (bicyclic) bond motifs is 1. The molecule has 1 aliphatic rings. The van der Waals surface area contributed by atoms with Crippen molar-refractivity contribution < 1.29 is 19.4 Å². The van der Waals surface area contributed by atoms with Crippen LogP contribution in [0.3, 0.4) is 0 Å². The molecule has 0 saturated heterocycles. The summed E-state index contributed by atoms with van der Waals surface area (Å²) >= 11 is 0. The lowest BCUT2D eigenvalue weighted by Gasteiger charge is -2.27. The van der Waals surface area contributed by atoms with Gasteiger partial charge in [-0.2, -0.15) is 0 Å². The fourth-order valence-electron chi connectivity index (χ4n) is 2.36. The first-order valence-electron chi connectivity index (χ1n) is 7.31. The molecule has 21 heavy (non-hydrogen) atoms. The molecule has 1 aromatic rings. The lowest BCUT2D eigenvalue weighted by Crippen LogP contribution is -2.30. The Morgan fingerprint density at radius 3 is 2.62 bits per heavy atom. The van der Waals surface area contributed by atoms with Crippen LogP contribution in [-0.4, -0.2) is 42.8 Å². The SMILES string of the molecule is CC(CN(C)C(C)c1ccc2c(c1)OCCCO2)C(=O)O. The third kappa shape index (κ3) is 3.88. The van der Waals surface area contributed by atoms with E-state index in [2.05, 4.69) is 6.92 Å². The third-order valence-corrected chi connectivity index (χ3v) is 3.90. The minimum atomic E-state index is -0.771. The first-order chi connectivity index (χ1) is 9.99. The quantitative estimate of drug-likeness (QED) is 0.904. The summed E-state index contributed by atoms with van der Waals surface area (Å²) in [7, 11) is 1.94. The maximum absolute atomic E-state index is 11.0. The van der Waals surface area contributed by atoms with Crippen LogP contribution < -0.4 is 9.47 Å². The van der Waals surface area contributed by atoms with Gasteiger partial charge in [0.05, 0.1) is 19.1 Å². The Morgan fingerprint density at radius 1 is 1.29 bits per heavy atom. The Balaban J connectivity index is 2.10. The number of hydrogen-bond acceptors (Lipinski definition) is 4. The summed E-state index contributed by atoms with van der Waals surface area (Å²) in [4.78, 5) is 13.0. The van der Waals surface area contributed by atoms with Crippen molar-refractivity contribution in [2.45, 2.75) is 26.3 Å². The average Bonchev–Trinajstić information content (AvgIpc) is 2.70. The second-order valence-electron chi connectivity index (χ2n) is 5.61. The number of carboxylic acid groups (broad SMARTS) is 1. The molecule has 116 valence electrons. The molecule has 1 aromatic carbocycles. The highest BCUT2D eigenvalue weighted by molar-refractivity contribution is 5.69. The first-order valence-corrected chi connectivity index (χ1v) is 7.31. The van der Waals surface area contributed by atoms with Crippen molar-refractivity contribution in [2.75, 3.05) is 26.8 Å². The minimum Gasteiger partial charge on any atom is -0.490 e. The molecule has 1 heterocycles. The Bertz CT molecular complexity index is 503. The van der Waals surface area contributed by atoms with Crippen molar-refractivity contribution in [3.05, 3.63) is 23.8 Å². The monoisotopic (exact) mass is 293 g/mol. The fourth-order valence-corrected chi connectivity index (χ4v) is 2.36. The molecule has 2 unspecified atom stereocenters. The van der Waals surface area contributed by atoms with Crippen molar-refractivity contribution in [2.24, 2.45) is 5.92 Å². The number of hydrogen-bond donors (Lipinski definition) is 1. The van der Waals surface area contributed by atoms with Gasteiger partial charge in [-0.15, -0.1) is 0 Å². The molecule has 1 aliphatic heterocycles. The van der Waals surface area contributed by atoms with E-state index < -0.39 is 11.9 Å². The second-order valence-corrected chi connectivity index (χ2v) is 5.61. The molecule has 0 amide bonds. The topological polar surface area (TPSA) is 59.0 Å². The molecule has 0 radical (unpaired) electrons. The van der Waals surface area contributed by atoms with Crippen molar-refractivity contribution in [3.63, 3.8) is 0 Å². The van der Waals surface area contributed by atoms with Crippen LogP contribution in [0.25, 0.3) is 0 Å². The molecular formula is C16H23NO4. The van der Waals surface area contributed by atoms with E-state index in [0.717, 1.165) is 23.5 Å². The van der Waals surface area contributed by atoms with Crippen LogP contribution >= 0.6 is 0 Å². The van der Waals surface area contributed by atoms with Crippen molar-refractivity contribution >= 4 is 5.97 Å². The van der Waals surface area contributed by atoms with Gasteiger partial charge >= 0.3 is 5.97 Å². The molecule has 5 nitrogen and oxygen atoms in total. The van der Waals surface area contributed by atoms with Crippen LogP contribution in [0.1, 0.15) is 31.9 Å². The molecule has 0 aromatic heterocycles. The van der Waals surface area contributed by atoms with Crippen molar-refractivity contribution in [1.82, 2.24) is 4.90 Å².